The van der Waals surface area contributed by atoms with Gasteiger partial charge in [0.25, 0.3) is 11.6 Å². The first-order valence-corrected chi connectivity index (χ1v) is 11.8. The number of ether oxygens (including phenoxy) is 2. The number of methoxy groups -OCH3 is 2. The third-order valence-corrected chi connectivity index (χ3v) is 6.66. The van der Waals surface area contributed by atoms with Gasteiger partial charge in [-0.05, 0) is 43.5 Å². The minimum atomic E-state index is -0.434. The largest absolute Gasteiger partial charge is 0.497 e. The van der Waals surface area contributed by atoms with Gasteiger partial charge in [-0.25, -0.2) is 0 Å². The summed E-state index contributed by atoms with van der Waals surface area (Å²) in [5.74, 6) is 1.45. The van der Waals surface area contributed by atoms with Crippen LogP contribution in [0.3, 0.4) is 0 Å². The lowest BCUT2D eigenvalue weighted by Gasteiger charge is -2.36. The Bertz CT molecular complexity index is 1030. The van der Waals surface area contributed by atoms with E-state index in [2.05, 4.69) is 9.80 Å². The average molecular weight is 469 g/mol. The molecule has 0 atom stereocenters. The van der Waals surface area contributed by atoms with Gasteiger partial charge in [0.2, 0.25) is 0 Å². The SMILES string of the molecule is COc1ccc(OC)c(CN2CCN(C(=O)c3cc([N+](=O)[O-])ccc3N3CCCCC3)CC2)c1. The van der Waals surface area contributed by atoms with Crippen molar-refractivity contribution in [1.29, 1.82) is 0 Å². The summed E-state index contributed by atoms with van der Waals surface area (Å²) in [6.45, 7) is 4.97. The van der Waals surface area contributed by atoms with E-state index >= 15 is 0 Å². The summed E-state index contributed by atoms with van der Waals surface area (Å²) in [7, 11) is 3.29. The lowest BCUT2D eigenvalue weighted by molar-refractivity contribution is -0.384. The third kappa shape index (κ3) is 5.25. The van der Waals surface area contributed by atoms with Crippen molar-refractivity contribution in [3.63, 3.8) is 0 Å². The number of anilines is 1. The Morgan fingerprint density at radius 1 is 0.941 bits per heavy atom. The van der Waals surface area contributed by atoms with E-state index in [1.165, 1.54) is 18.6 Å². The van der Waals surface area contributed by atoms with Gasteiger partial charge in [-0.15, -0.1) is 0 Å². The van der Waals surface area contributed by atoms with E-state index in [1.807, 2.05) is 23.1 Å². The molecular weight excluding hydrogens is 436 g/mol. The predicted molar refractivity (Wildman–Crippen MR) is 130 cm³/mol. The summed E-state index contributed by atoms with van der Waals surface area (Å²) in [5.41, 5.74) is 2.22. The summed E-state index contributed by atoms with van der Waals surface area (Å²) in [6, 6.07) is 10.4. The molecule has 0 radical (unpaired) electrons. The minimum Gasteiger partial charge on any atom is -0.497 e. The van der Waals surface area contributed by atoms with Crippen LogP contribution in [-0.2, 0) is 6.54 Å². The lowest BCUT2D eigenvalue weighted by Crippen LogP contribution is -2.48. The molecule has 0 saturated carbocycles. The maximum absolute atomic E-state index is 13.5. The van der Waals surface area contributed by atoms with Crippen LogP contribution in [0.1, 0.15) is 35.2 Å². The quantitative estimate of drug-likeness (QED) is 0.453. The second-order valence-corrected chi connectivity index (χ2v) is 8.75. The first-order chi connectivity index (χ1) is 16.5. The molecule has 0 bridgehead atoms. The average Bonchev–Trinajstić information content (AvgIpc) is 2.88. The van der Waals surface area contributed by atoms with Crippen LogP contribution < -0.4 is 14.4 Å². The summed E-state index contributed by atoms with van der Waals surface area (Å²) in [6.07, 6.45) is 3.31. The van der Waals surface area contributed by atoms with Gasteiger partial charge in [-0.1, -0.05) is 0 Å². The second kappa shape index (κ2) is 10.7. The van der Waals surface area contributed by atoms with Crippen LogP contribution in [0.2, 0.25) is 0 Å². The first kappa shape index (κ1) is 23.8. The fourth-order valence-corrected chi connectivity index (χ4v) is 4.75. The lowest BCUT2D eigenvalue weighted by atomic mass is 10.0. The number of amides is 1. The van der Waals surface area contributed by atoms with Gasteiger partial charge in [0, 0.05) is 63.5 Å². The summed E-state index contributed by atoms with van der Waals surface area (Å²) in [4.78, 5) is 30.7. The van der Waals surface area contributed by atoms with E-state index in [9.17, 15) is 14.9 Å². The molecule has 0 aliphatic carbocycles. The molecule has 2 aliphatic rings. The minimum absolute atomic E-state index is 0.0483. The zero-order valence-electron chi connectivity index (χ0n) is 19.9. The fourth-order valence-electron chi connectivity index (χ4n) is 4.75. The number of rotatable bonds is 7. The Balaban J connectivity index is 1.47. The molecule has 2 aliphatic heterocycles. The van der Waals surface area contributed by atoms with Crippen LogP contribution in [0.5, 0.6) is 11.5 Å². The van der Waals surface area contributed by atoms with Gasteiger partial charge >= 0.3 is 0 Å². The van der Waals surface area contributed by atoms with Gasteiger partial charge in [0.05, 0.1) is 30.4 Å². The number of carbonyl (C=O) groups excluding carboxylic acids is 1. The highest BCUT2D eigenvalue weighted by Crippen LogP contribution is 2.30. The summed E-state index contributed by atoms with van der Waals surface area (Å²) >= 11 is 0. The van der Waals surface area contributed by atoms with Gasteiger partial charge < -0.3 is 19.3 Å². The number of hydrogen-bond donors (Lipinski definition) is 0. The topological polar surface area (TPSA) is 88.4 Å². The Hall–Kier alpha value is -3.33. The fraction of sp³-hybridized carbons (Fsp3) is 0.480. The standard InChI is InChI=1S/C25H32N4O5/c1-33-21-7-9-24(34-2)19(16-21)18-26-12-14-28(15-13-26)25(30)22-17-20(29(31)32)6-8-23(22)27-10-4-3-5-11-27/h6-9,16-17H,3-5,10-15,18H2,1-2H3. The van der Waals surface area contributed by atoms with E-state index in [4.69, 9.17) is 9.47 Å². The Labute approximate surface area is 200 Å². The van der Waals surface area contributed by atoms with Crippen LogP contribution in [0.25, 0.3) is 0 Å². The van der Waals surface area contributed by atoms with E-state index in [-0.39, 0.29) is 11.6 Å². The van der Waals surface area contributed by atoms with Crippen LogP contribution in [0.15, 0.2) is 36.4 Å². The molecule has 9 heteroatoms. The molecular formula is C25H32N4O5. The van der Waals surface area contributed by atoms with Crippen LogP contribution in [-0.4, -0.2) is 74.1 Å². The van der Waals surface area contributed by atoms with Gasteiger partial charge in [0.1, 0.15) is 11.5 Å². The Morgan fingerprint density at radius 3 is 2.32 bits per heavy atom. The van der Waals surface area contributed by atoms with Crippen LogP contribution >= 0.6 is 0 Å². The molecule has 2 heterocycles. The molecule has 0 N–H and O–H groups in total. The number of nitro groups is 1. The van der Waals surface area contributed by atoms with Crippen molar-refractivity contribution in [3.8, 4) is 11.5 Å². The smallest absolute Gasteiger partial charge is 0.270 e. The van der Waals surface area contributed by atoms with Crippen molar-refractivity contribution in [1.82, 2.24) is 9.80 Å². The molecule has 0 spiro atoms. The predicted octanol–water partition coefficient (Wildman–Crippen LogP) is 3.56. The summed E-state index contributed by atoms with van der Waals surface area (Å²) < 4.78 is 10.8. The van der Waals surface area contributed by atoms with E-state index in [0.29, 0.717) is 38.3 Å². The molecule has 2 aromatic carbocycles. The molecule has 2 fully saturated rings. The zero-order chi connectivity index (χ0) is 24.1. The van der Waals surface area contributed by atoms with E-state index in [0.717, 1.165) is 48.7 Å². The van der Waals surface area contributed by atoms with E-state index in [1.54, 1.807) is 20.3 Å². The zero-order valence-corrected chi connectivity index (χ0v) is 19.9. The number of nitro benzene ring substituents is 1. The molecule has 34 heavy (non-hydrogen) atoms. The first-order valence-electron chi connectivity index (χ1n) is 11.8. The maximum Gasteiger partial charge on any atom is 0.270 e. The molecule has 2 saturated heterocycles. The summed E-state index contributed by atoms with van der Waals surface area (Å²) in [5, 5.41) is 11.4. The number of carbonyl (C=O) groups is 1. The monoisotopic (exact) mass is 468 g/mol. The molecule has 9 nitrogen and oxygen atoms in total. The van der Waals surface area contributed by atoms with Crippen molar-refractivity contribution in [2.24, 2.45) is 0 Å². The van der Waals surface area contributed by atoms with Crippen molar-refractivity contribution in [3.05, 3.63) is 57.6 Å². The highest BCUT2D eigenvalue weighted by Gasteiger charge is 2.28. The highest BCUT2D eigenvalue weighted by atomic mass is 16.6. The number of benzene rings is 2. The molecule has 2 aromatic rings. The highest BCUT2D eigenvalue weighted by molar-refractivity contribution is 6.00. The number of piperazine rings is 1. The normalized spacial score (nSPS) is 16.9. The van der Waals surface area contributed by atoms with E-state index < -0.39 is 4.92 Å². The van der Waals surface area contributed by atoms with Crippen molar-refractivity contribution in [2.75, 3.05) is 58.4 Å². The van der Waals surface area contributed by atoms with Crippen molar-refractivity contribution < 1.29 is 19.2 Å². The van der Waals surface area contributed by atoms with Gasteiger partial charge in [-0.2, -0.15) is 0 Å². The van der Waals surface area contributed by atoms with Gasteiger partial charge in [0.15, 0.2) is 0 Å². The van der Waals surface area contributed by atoms with Crippen molar-refractivity contribution >= 4 is 17.3 Å². The number of non-ortho nitro benzene ring substituents is 1. The number of hydrogen-bond acceptors (Lipinski definition) is 7. The molecule has 0 aromatic heterocycles. The maximum atomic E-state index is 13.5. The molecule has 4 rings (SSSR count). The number of piperidine rings is 1. The Morgan fingerprint density at radius 2 is 1.68 bits per heavy atom. The molecule has 0 unspecified atom stereocenters. The second-order valence-electron chi connectivity index (χ2n) is 8.75. The van der Waals surface area contributed by atoms with Crippen LogP contribution in [0, 0.1) is 10.1 Å². The molecule has 1 amide bonds. The molecule has 182 valence electrons. The Kier molecular flexibility index (Phi) is 7.52. The number of nitrogens with zero attached hydrogens (tertiary/aromatic N) is 4. The van der Waals surface area contributed by atoms with Crippen molar-refractivity contribution in [2.45, 2.75) is 25.8 Å². The van der Waals surface area contributed by atoms with Crippen LogP contribution in [0.4, 0.5) is 11.4 Å². The van der Waals surface area contributed by atoms with Gasteiger partial charge in [-0.3, -0.25) is 19.8 Å². The third-order valence-electron chi connectivity index (χ3n) is 6.66.